The lowest BCUT2D eigenvalue weighted by Gasteiger charge is -2.06. The minimum atomic E-state index is -0.550. The van der Waals surface area contributed by atoms with Crippen LogP contribution in [-0.4, -0.2) is 15.8 Å². The van der Waals surface area contributed by atoms with Crippen molar-refractivity contribution >= 4 is 17.3 Å². The maximum atomic E-state index is 12.0. The molecule has 0 fully saturated rings. The first kappa shape index (κ1) is 13.6. The van der Waals surface area contributed by atoms with Crippen molar-refractivity contribution in [3.63, 3.8) is 0 Å². The number of nitrogens with zero attached hydrogens (tertiary/aromatic N) is 2. The van der Waals surface area contributed by atoms with Gasteiger partial charge in [0, 0.05) is 41.8 Å². The summed E-state index contributed by atoms with van der Waals surface area (Å²) in [5, 5.41) is 13.6. The quantitative estimate of drug-likeness (QED) is 0.650. The van der Waals surface area contributed by atoms with E-state index in [0.29, 0.717) is 11.3 Å². The Labute approximate surface area is 114 Å². The van der Waals surface area contributed by atoms with E-state index >= 15 is 0 Å². The van der Waals surface area contributed by atoms with Crippen LogP contribution >= 0.6 is 0 Å². The largest absolute Gasteiger partial charge is 0.326 e. The number of benzene rings is 1. The summed E-state index contributed by atoms with van der Waals surface area (Å²) >= 11 is 0. The fourth-order valence-electron chi connectivity index (χ4n) is 1.69. The van der Waals surface area contributed by atoms with Crippen molar-refractivity contribution in [1.82, 2.24) is 4.98 Å². The molecule has 7 nitrogen and oxygen atoms in total. The lowest BCUT2D eigenvalue weighted by Crippen LogP contribution is -2.13. The normalized spacial score (nSPS) is 10.1. The monoisotopic (exact) mass is 272 g/mol. The van der Waals surface area contributed by atoms with Crippen LogP contribution in [0.2, 0.25) is 0 Å². The zero-order chi connectivity index (χ0) is 14.5. The first-order valence-corrected chi connectivity index (χ1v) is 5.80. The highest BCUT2D eigenvalue weighted by molar-refractivity contribution is 6.04. The summed E-state index contributed by atoms with van der Waals surface area (Å²) in [6.45, 7) is 0.0442. The molecule has 0 radical (unpaired) electrons. The fourth-order valence-corrected chi connectivity index (χ4v) is 1.69. The number of nitro groups is 1. The lowest BCUT2D eigenvalue weighted by molar-refractivity contribution is -0.385. The van der Waals surface area contributed by atoms with E-state index in [2.05, 4.69) is 10.3 Å². The minimum absolute atomic E-state index is 0.0442. The highest BCUT2D eigenvalue weighted by atomic mass is 16.6. The van der Waals surface area contributed by atoms with Crippen LogP contribution in [-0.2, 0) is 6.54 Å². The molecule has 0 unspecified atom stereocenters. The summed E-state index contributed by atoms with van der Waals surface area (Å²) in [5.74, 6) is -0.428. The molecule has 0 aliphatic heterocycles. The molecule has 0 atom stereocenters. The molecule has 102 valence electrons. The summed E-state index contributed by atoms with van der Waals surface area (Å²) in [4.78, 5) is 26.2. The van der Waals surface area contributed by atoms with Gasteiger partial charge in [0.2, 0.25) is 0 Å². The number of nitrogens with two attached hydrogens (primary N) is 1. The van der Waals surface area contributed by atoms with Gasteiger partial charge >= 0.3 is 0 Å². The van der Waals surface area contributed by atoms with Gasteiger partial charge in [-0.15, -0.1) is 0 Å². The molecule has 1 aromatic carbocycles. The molecule has 7 heteroatoms. The Morgan fingerprint density at radius 1 is 1.30 bits per heavy atom. The van der Waals surface area contributed by atoms with E-state index in [1.54, 1.807) is 12.1 Å². The van der Waals surface area contributed by atoms with Crippen LogP contribution < -0.4 is 11.1 Å². The zero-order valence-electron chi connectivity index (χ0n) is 10.4. The zero-order valence-corrected chi connectivity index (χ0v) is 10.4. The standard InChI is InChI=1S/C13H12N4O3/c14-8-10-2-1-9(7-12(10)17(19)20)13(18)16-11-3-5-15-6-4-11/h1-7H,8,14H2,(H,15,16,18). The van der Waals surface area contributed by atoms with Crippen molar-refractivity contribution in [3.8, 4) is 0 Å². The fraction of sp³-hybridized carbons (Fsp3) is 0.0769. The Hall–Kier alpha value is -2.80. The van der Waals surface area contributed by atoms with Crippen LogP contribution in [0.3, 0.4) is 0 Å². The Kier molecular flexibility index (Phi) is 4.02. The number of hydrogen-bond acceptors (Lipinski definition) is 5. The summed E-state index contributed by atoms with van der Waals surface area (Å²) in [6, 6.07) is 7.46. The number of hydrogen-bond donors (Lipinski definition) is 2. The van der Waals surface area contributed by atoms with Gasteiger partial charge in [0.1, 0.15) is 0 Å². The molecule has 3 N–H and O–H groups in total. The highest BCUT2D eigenvalue weighted by Gasteiger charge is 2.16. The molecule has 0 bridgehead atoms. The van der Waals surface area contributed by atoms with E-state index in [1.807, 2.05) is 0 Å². The molecule has 20 heavy (non-hydrogen) atoms. The predicted molar refractivity (Wildman–Crippen MR) is 73.2 cm³/mol. The van der Waals surface area contributed by atoms with Crippen molar-refractivity contribution in [2.24, 2.45) is 5.73 Å². The van der Waals surface area contributed by atoms with Crippen LogP contribution in [0.25, 0.3) is 0 Å². The Balaban J connectivity index is 2.27. The molecule has 0 spiro atoms. The third-order valence-corrected chi connectivity index (χ3v) is 2.70. The number of carbonyl (C=O) groups is 1. The highest BCUT2D eigenvalue weighted by Crippen LogP contribution is 2.20. The van der Waals surface area contributed by atoms with Gasteiger partial charge in [0.05, 0.1) is 4.92 Å². The second-order valence-corrected chi connectivity index (χ2v) is 3.99. The number of anilines is 1. The molecule has 0 saturated carbocycles. The number of rotatable bonds is 4. The summed E-state index contributed by atoms with van der Waals surface area (Å²) in [6.07, 6.45) is 3.07. The number of nitro benzene ring substituents is 1. The number of carbonyl (C=O) groups excluding carboxylic acids is 1. The second kappa shape index (κ2) is 5.89. The number of pyridine rings is 1. The van der Waals surface area contributed by atoms with Gasteiger partial charge < -0.3 is 11.1 Å². The Morgan fingerprint density at radius 2 is 2.00 bits per heavy atom. The molecule has 0 aliphatic carbocycles. The van der Waals surface area contributed by atoms with Gasteiger partial charge in [-0.2, -0.15) is 0 Å². The summed E-state index contributed by atoms with van der Waals surface area (Å²) in [5.41, 5.74) is 6.42. The third kappa shape index (κ3) is 2.96. The van der Waals surface area contributed by atoms with Crippen molar-refractivity contribution in [3.05, 3.63) is 64.0 Å². The molecular formula is C13H12N4O3. The van der Waals surface area contributed by atoms with Gasteiger partial charge in [-0.1, -0.05) is 6.07 Å². The molecule has 1 amide bonds. The SMILES string of the molecule is NCc1ccc(C(=O)Nc2ccncc2)cc1[N+](=O)[O-]. The molecule has 1 heterocycles. The van der Waals surface area contributed by atoms with Gasteiger partial charge in [0.15, 0.2) is 0 Å². The van der Waals surface area contributed by atoms with Gasteiger partial charge in [-0.3, -0.25) is 19.9 Å². The number of aromatic nitrogens is 1. The van der Waals surface area contributed by atoms with E-state index < -0.39 is 10.8 Å². The van der Waals surface area contributed by atoms with E-state index in [4.69, 9.17) is 5.73 Å². The van der Waals surface area contributed by atoms with Crippen LogP contribution in [0.15, 0.2) is 42.7 Å². The van der Waals surface area contributed by atoms with Gasteiger partial charge in [-0.25, -0.2) is 0 Å². The summed E-state index contributed by atoms with van der Waals surface area (Å²) < 4.78 is 0. The first-order valence-electron chi connectivity index (χ1n) is 5.80. The van der Waals surface area contributed by atoms with Crippen LogP contribution in [0.1, 0.15) is 15.9 Å². The lowest BCUT2D eigenvalue weighted by atomic mass is 10.1. The molecule has 0 saturated heterocycles. The molecule has 2 rings (SSSR count). The van der Waals surface area contributed by atoms with Crippen LogP contribution in [0, 0.1) is 10.1 Å². The average Bonchev–Trinajstić information content (AvgIpc) is 2.47. The Morgan fingerprint density at radius 3 is 2.60 bits per heavy atom. The maximum absolute atomic E-state index is 12.0. The second-order valence-electron chi connectivity index (χ2n) is 3.99. The average molecular weight is 272 g/mol. The van der Waals surface area contributed by atoms with Crippen molar-refractivity contribution in [2.45, 2.75) is 6.54 Å². The van der Waals surface area contributed by atoms with E-state index in [1.165, 1.54) is 30.6 Å². The van der Waals surface area contributed by atoms with Crippen molar-refractivity contribution in [2.75, 3.05) is 5.32 Å². The van der Waals surface area contributed by atoms with Crippen molar-refractivity contribution in [1.29, 1.82) is 0 Å². The van der Waals surface area contributed by atoms with E-state index in [-0.39, 0.29) is 17.8 Å². The Bertz CT molecular complexity index is 643. The molecular weight excluding hydrogens is 260 g/mol. The van der Waals surface area contributed by atoms with Gasteiger partial charge in [0.25, 0.3) is 11.6 Å². The number of amides is 1. The maximum Gasteiger partial charge on any atom is 0.274 e. The minimum Gasteiger partial charge on any atom is -0.326 e. The molecule has 1 aromatic heterocycles. The van der Waals surface area contributed by atoms with Crippen LogP contribution in [0.5, 0.6) is 0 Å². The van der Waals surface area contributed by atoms with Gasteiger partial charge in [-0.05, 0) is 18.2 Å². The third-order valence-electron chi connectivity index (χ3n) is 2.70. The molecule has 2 aromatic rings. The predicted octanol–water partition coefficient (Wildman–Crippen LogP) is 1.70. The van der Waals surface area contributed by atoms with E-state index in [0.717, 1.165) is 0 Å². The topological polar surface area (TPSA) is 111 Å². The first-order chi connectivity index (χ1) is 9.61. The summed E-state index contributed by atoms with van der Waals surface area (Å²) in [7, 11) is 0. The van der Waals surface area contributed by atoms with Crippen LogP contribution in [0.4, 0.5) is 11.4 Å². The molecule has 0 aliphatic rings. The smallest absolute Gasteiger partial charge is 0.274 e. The van der Waals surface area contributed by atoms with Crippen molar-refractivity contribution < 1.29 is 9.72 Å². The number of nitrogens with one attached hydrogen (secondary N) is 1. The van der Waals surface area contributed by atoms with E-state index in [9.17, 15) is 14.9 Å².